The fourth-order valence-electron chi connectivity index (χ4n) is 4.07. The fraction of sp³-hybridized carbons (Fsp3) is 1.00. The molecule has 1 atom stereocenters. The molecule has 2 aliphatic carbocycles. The van der Waals surface area contributed by atoms with Crippen LogP contribution in [0.5, 0.6) is 0 Å². The Morgan fingerprint density at radius 1 is 1.23 bits per heavy atom. The highest BCUT2D eigenvalue weighted by molar-refractivity contribution is 5.03. The van der Waals surface area contributed by atoms with E-state index in [-0.39, 0.29) is 0 Å². The van der Waals surface area contributed by atoms with Gasteiger partial charge in [0.05, 0.1) is 0 Å². The maximum Gasteiger partial charge on any atom is -0.00435 e. The molecule has 0 aromatic rings. The second-order valence-electron chi connectivity index (χ2n) is 6.06. The first-order valence-corrected chi connectivity index (χ1v) is 5.78. The Bertz CT molecular complexity index is 187. The number of hydrogen-bond donors (Lipinski definition) is 1. The summed E-state index contributed by atoms with van der Waals surface area (Å²) in [6.45, 7) is 5.73. The van der Waals surface area contributed by atoms with Crippen LogP contribution in [0, 0.1) is 16.7 Å². The predicted octanol–water partition coefficient (Wildman–Crippen LogP) is 2.94. The van der Waals surface area contributed by atoms with E-state index in [1.165, 1.54) is 38.5 Å². The lowest BCUT2D eigenvalue weighted by atomic mass is 9.46. The molecule has 0 amide bonds. The lowest BCUT2D eigenvalue weighted by molar-refractivity contribution is -0.0839. The molecule has 0 radical (unpaired) electrons. The maximum atomic E-state index is 5.88. The van der Waals surface area contributed by atoms with Gasteiger partial charge >= 0.3 is 0 Å². The van der Waals surface area contributed by atoms with Crippen molar-refractivity contribution in [3.8, 4) is 0 Å². The van der Waals surface area contributed by atoms with E-state index in [2.05, 4.69) is 13.8 Å². The Morgan fingerprint density at radius 2 is 1.92 bits per heavy atom. The smallest absolute Gasteiger partial charge is 0.00435 e. The summed E-state index contributed by atoms with van der Waals surface area (Å²) < 4.78 is 0. The first-order chi connectivity index (χ1) is 6.08. The summed E-state index contributed by atoms with van der Waals surface area (Å²) in [5.74, 6) is 0.842. The third-order valence-corrected chi connectivity index (χ3v) is 4.29. The van der Waals surface area contributed by atoms with Crippen LogP contribution >= 0.6 is 0 Å². The van der Waals surface area contributed by atoms with Gasteiger partial charge in [0, 0.05) is 0 Å². The van der Waals surface area contributed by atoms with Crippen LogP contribution in [0.15, 0.2) is 0 Å². The van der Waals surface area contributed by atoms with E-state index in [9.17, 15) is 0 Å². The minimum absolute atomic E-state index is 0.616. The van der Waals surface area contributed by atoms with Crippen LogP contribution < -0.4 is 5.73 Å². The molecule has 0 aliphatic heterocycles. The van der Waals surface area contributed by atoms with Crippen molar-refractivity contribution in [1.29, 1.82) is 0 Å². The van der Waals surface area contributed by atoms with Gasteiger partial charge in [-0.25, -0.2) is 0 Å². The molecule has 0 bridgehead atoms. The van der Waals surface area contributed by atoms with Gasteiger partial charge in [0.2, 0.25) is 0 Å². The first-order valence-electron chi connectivity index (χ1n) is 5.78. The summed E-state index contributed by atoms with van der Waals surface area (Å²) >= 11 is 0. The molecule has 2 saturated carbocycles. The van der Waals surface area contributed by atoms with Crippen molar-refractivity contribution in [2.45, 2.75) is 52.4 Å². The Hall–Kier alpha value is -0.0400. The number of hydrogen-bond acceptors (Lipinski definition) is 1. The van der Waals surface area contributed by atoms with E-state index < -0.39 is 0 Å². The first kappa shape index (κ1) is 9.51. The summed E-state index contributed by atoms with van der Waals surface area (Å²) in [4.78, 5) is 0. The molecule has 1 nitrogen and oxygen atoms in total. The largest absolute Gasteiger partial charge is 0.330 e. The second kappa shape index (κ2) is 2.98. The highest BCUT2D eigenvalue weighted by atomic mass is 14.6. The summed E-state index contributed by atoms with van der Waals surface area (Å²) in [5.41, 5.74) is 7.17. The van der Waals surface area contributed by atoms with Crippen molar-refractivity contribution in [2.24, 2.45) is 22.5 Å². The maximum absolute atomic E-state index is 5.88. The third kappa shape index (κ3) is 1.52. The summed E-state index contributed by atoms with van der Waals surface area (Å²) in [6.07, 6.45) is 8.59. The molecule has 0 aromatic heterocycles. The topological polar surface area (TPSA) is 26.0 Å². The van der Waals surface area contributed by atoms with Gasteiger partial charge in [-0.1, -0.05) is 26.7 Å². The van der Waals surface area contributed by atoms with Gasteiger partial charge in [-0.05, 0) is 49.0 Å². The average Bonchev–Trinajstić information content (AvgIpc) is 2.02. The van der Waals surface area contributed by atoms with E-state index in [0.29, 0.717) is 10.8 Å². The van der Waals surface area contributed by atoms with Gasteiger partial charge in [0.25, 0.3) is 0 Å². The van der Waals surface area contributed by atoms with Crippen molar-refractivity contribution in [3.63, 3.8) is 0 Å². The monoisotopic (exact) mass is 181 g/mol. The van der Waals surface area contributed by atoms with Crippen molar-refractivity contribution >= 4 is 0 Å². The molecule has 0 heterocycles. The van der Waals surface area contributed by atoms with Gasteiger partial charge in [0.1, 0.15) is 0 Å². The van der Waals surface area contributed by atoms with E-state index in [1.54, 1.807) is 0 Å². The third-order valence-electron chi connectivity index (χ3n) is 4.29. The number of rotatable bonds is 1. The summed E-state index contributed by atoms with van der Waals surface area (Å²) in [7, 11) is 0. The molecule has 2 N–H and O–H groups in total. The van der Waals surface area contributed by atoms with Gasteiger partial charge in [-0.2, -0.15) is 0 Å². The molecule has 0 aromatic carbocycles. The van der Waals surface area contributed by atoms with Gasteiger partial charge in [-0.15, -0.1) is 0 Å². The van der Waals surface area contributed by atoms with Gasteiger partial charge < -0.3 is 5.73 Å². The number of nitrogens with two attached hydrogens (primary N) is 1. The summed E-state index contributed by atoms with van der Waals surface area (Å²) in [5, 5.41) is 0. The Kier molecular flexibility index (Phi) is 2.18. The SMILES string of the molecule is CC1(C)CC2(CCCCC2CN)C1. The van der Waals surface area contributed by atoms with Crippen LogP contribution in [0.25, 0.3) is 0 Å². The normalized spacial score (nSPS) is 35.8. The van der Waals surface area contributed by atoms with Crippen molar-refractivity contribution in [1.82, 2.24) is 0 Å². The quantitative estimate of drug-likeness (QED) is 0.661. The highest BCUT2D eigenvalue weighted by Crippen LogP contribution is 2.62. The van der Waals surface area contributed by atoms with Crippen LogP contribution in [-0.2, 0) is 0 Å². The fourth-order valence-corrected chi connectivity index (χ4v) is 4.07. The lowest BCUT2D eigenvalue weighted by Gasteiger charge is -2.59. The van der Waals surface area contributed by atoms with Crippen molar-refractivity contribution < 1.29 is 0 Å². The molecule has 2 aliphatic rings. The molecular formula is C12H23N. The van der Waals surface area contributed by atoms with Gasteiger partial charge in [0.15, 0.2) is 0 Å². The van der Waals surface area contributed by atoms with Gasteiger partial charge in [-0.3, -0.25) is 0 Å². The molecule has 76 valence electrons. The molecule has 1 heteroatoms. The van der Waals surface area contributed by atoms with Crippen LogP contribution in [0.3, 0.4) is 0 Å². The minimum atomic E-state index is 0.616. The molecule has 0 saturated heterocycles. The van der Waals surface area contributed by atoms with Crippen LogP contribution in [0.1, 0.15) is 52.4 Å². The minimum Gasteiger partial charge on any atom is -0.330 e. The zero-order valence-electron chi connectivity index (χ0n) is 9.10. The van der Waals surface area contributed by atoms with E-state index in [1.807, 2.05) is 0 Å². The lowest BCUT2D eigenvalue weighted by Crippen LogP contribution is -2.51. The van der Waals surface area contributed by atoms with Crippen molar-refractivity contribution in [3.05, 3.63) is 0 Å². The molecule has 13 heavy (non-hydrogen) atoms. The second-order valence-corrected chi connectivity index (χ2v) is 6.06. The Balaban J connectivity index is 2.04. The Labute approximate surface area is 82.1 Å². The van der Waals surface area contributed by atoms with Crippen LogP contribution in [0.4, 0.5) is 0 Å². The van der Waals surface area contributed by atoms with E-state index >= 15 is 0 Å². The molecule has 1 spiro atoms. The summed E-state index contributed by atoms with van der Waals surface area (Å²) in [6, 6.07) is 0. The zero-order valence-corrected chi connectivity index (χ0v) is 9.10. The standard InChI is InChI=1S/C12H23N/c1-11(2)8-12(9-11)6-4-3-5-10(12)7-13/h10H,3-9,13H2,1-2H3. The molecular weight excluding hydrogens is 158 g/mol. The predicted molar refractivity (Wildman–Crippen MR) is 56.5 cm³/mol. The van der Waals surface area contributed by atoms with Crippen LogP contribution in [-0.4, -0.2) is 6.54 Å². The zero-order chi connectivity index (χ0) is 9.53. The molecule has 1 unspecified atom stereocenters. The van der Waals surface area contributed by atoms with Crippen LogP contribution in [0.2, 0.25) is 0 Å². The van der Waals surface area contributed by atoms with Crippen molar-refractivity contribution in [2.75, 3.05) is 6.54 Å². The highest BCUT2D eigenvalue weighted by Gasteiger charge is 2.53. The van der Waals surface area contributed by atoms with E-state index in [4.69, 9.17) is 5.73 Å². The van der Waals surface area contributed by atoms with E-state index in [0.717, 1.165) is 12.5 Å². The average molecular weight is 181 g/mol. The Morgan fingerprint density at radius 3 is 2.46 bits per heavy atom. The molecule has 2 rings (SSSR count). The molecule has 2 fully saturated rings.